The zero-order chi connectivity index (χ0) is 20.8. The molecule has 2 aromatic carbocycles. The summed E-state index contributed by atoms with van der Waals surface area (Å²) in [5.41, 5.74) is 0.565. The first-order chi connectivity index (χ1) is 13.2. The van der Waals surface area contributed by atoms with Gasteiger partial charge in [0, 0.05) is 12.6 Å². The maximum absolute atomic E-state index is 13.7. The van der Waals surface area contributed by atoms with Crippen molar-refractivity contribution in [2.24, 2.45) is 0 Å². The summed E-state index contributed by atoms with van der Waals surface area (Å²) in [6.45, 7) is -1.08. The van der Waals surface area contributed by atoms with E-state index >= 15 is 0 Å². The van der Waals surface area contributed by atoms with Gasteiger partial charge in [-0.25, -0.2) is 8.78 Å². The maximum Gasteiger partial charge on any atom is 0.387 e. The van der Waals surface area contributed by atoms with E-state index in [1.165, 1.54) is 19.2 Å². The van der Waals surface area contributed by atoms with Crippen LogP contribution in [0.1, 0.15) is 12.5 Å². The molecule has 152 valence electrons. The molecule has 0 saturated heterocycles. The molecule has 0 heterocycles. The number of anilines is 1. The lowest BCUT2D eigenvalue weighted by Crippen LogP contribution is -2.39. The van der Waals surface area contributed by atoms with E-state index < -0.39 is 30.2 Å². The SMILES string of the molecule is COc1cc(CN(C)C(C)C(=O)Nc2ccc(F)cc2F)ccc1OC(F)F. The molecule has 1 amide bonds. The summed E-state index contributed by atoms with van der Waals surface area (Å²) in [7, 11) is 3.00. The highest BCUT2D eigenvalue weighted by atomic mass is 19.3. The molecule has 0 saturated carbocycles. The fraction of sp³-hybridized carbons (Fsp3) is 0.316. The number of amides is 1. The standard InChI is InChI=1S/C19H20F4N2O3/c1-11(18(26)24-15-6-5-13(20)9-14(15)21)25(2)10-12-4-7-16(28-19(22)23)17(8-12)27-3/h4-9,11,19H,10H2,1-3H3,(H,24,26). The lowest BCUT2D eigenvalue weighted by atomic mass is 10.1. The average molecular weight is 400 g/mol. The highest BCUT2D eigenvalue weighted by Gasteiger charge is 2.20. The number of hydrogen-bond donors (Lipinski definition) is 1. The summed E-state index contributed by atoms with van der Waals surface area (Å²) in [5, 5.41) is 2.41. The molecular formula is C19H20F4N2O3. The van der Waals surface area contributed by atoms with E-state index in [2.05, 4.69) is 10.1 Å². The minimum Gasteiger partial charge on any atom is -0.493 e. The molecule has 1 N–H and O–H groups in total. The van der Waals surface area contributed by atoms with Crippen LogP contribution in [-0.4, -0.2) is 37.6 Å². The molecule has 0 fully saturated rings. The van der Waals surface area contributed by atoms with Gasteiger partial charge >= 0.3 is 6.61 Å². The second-order valence-electron chi connectivity index (χ2n) is 6.07. The van der Waals surface area contributed by atoms with Gasteiger partial charge in [-0.1, -0.05) is 6.07 Å². The van der Waals surface area contributed by atoms with Crippen LogP contribution in [0, 0.1) is 11.6 Å². The van der Waals surface area contributed by atoms with Crippen LogP contribution in [0.2, 0.25) is 0 Å². The van der Waals surface area contributed by atoms with E-state index in [1.54, 1.807) is 24.9 Å². The number of benzene rings is 2. The molecule has 9 heteroatoms. The molecule has 0 spiro atoms. The number of rotatable bonds is 8. The van der Waals surface area contributed by atoms with Crippen molar-refractivity contribution in [2.45, 2.75) is 26.1 Å². The van der Waals surface area contributed by atoms with Gasteiger partial charge in [0.15, 0.2) is 11.5 Å². The lowest BCUT2D eigenvalue weighted by Gasteiger charge is -2.24. The van der Waals surface area contributed by atoms with E-state index in [1.807, 2.05) is 0 Å². The van der Waals surface area contributed by atoms with E-state index in [0.29, 0.717) is 11.6 Å². The van der Waals surface area contributed by atoms with Gasteiger partial charge in [-0.05, 0) is 43.8 Å². The Morgan fingerprint density at radius 3 is 2.46 bits per heavy atom. The van der Waals surface area contributed by atoms with Crippen molar-refractivity contribution in [2.75, 3.05) is 19.5 Å². The first-order valence-corrected chi connectivity index (χ1v) is 8.29. The van der Waals surface area contributed by atoms with Crippen molar-refractivity contribution in [3.05, 3.63) is 53.6 Å². The van der Waals surface area contributed by atoms with Crippen molar-refractivity contribution in [3.8, 4) is 11.5 Å². The Labute approximate surface area is 159 Å². The van der Waals surface area contributed by atoms with Crippen LogP contribution in [0.4, 0.5) is 23.2 Å². The van der Waals surface area contributed by atoms with Crippen molar-refractivity contribution in [1.29, 1.82) is 0 Å². The number of carbonyl (C=O) groups is 1. The summed E-state index contributed by atoms with van der Waals surface area (Å²) in [4.78, 5) is 14.0. The van der Waals surface area contributed by atoms with Gasteiger partial charge in [-0.15, -0.1) is 0 Å². The quantitative estimate of drug-likeness (QED) is 0.680. The summed E-state index contributed by atoms with van der Waals surface area (Å²) in [5.74, 6) is -2.06. The fourth-order valence-corrected chi connectivity index (χ4v) is 2.46. The van der Waals surface area contributed by atoms with Crippen LogP contribution in [0.15, 0.2) is 36.4 Å². The van der Waals surface area contributed by atoms with Crippen molar-refractivity contribution in [1.82, 2.24) is 4.90 Å². The number of hydrogen-bond acceptors (Lipinski definition) is 4. The zero-order valence-corrected chi connectivity index (χ0v) is 15.5. The first-order valence-electron chi connectivity index (χ1n) is 8.29. The first kappa shape index (κ1) is 21.5. The molecule has 0 aliphatic rings. The Morgan fingerprint density at radius 1 is 1.14 bits per heavy atom. The zero-order valence-electron chi connectivity index (χ0n) is 15.5. The third kappa shape index (κ3) is 5.59. The summed E-state index contributed by atoms with van der Waals surface area (Å²) in [6, 6.07) is 6.66. The number of likely N-dealkylation sites (N-methyl/N-ethyl adjacent to an activating group) is 1. The molecule has 0 aromatic heterocycles. The van der Waals surface area contributed by atoms with E-state index in [-0.39, 0.29) is 23.7 Å². The van der Waals surface area contributed by atoms with Crippen molar-refractivity contribution in [3.63, 3.8) is 0 Å². The van der Waals surface area contributed by atoms with E-state index in [4.69, 9.17) is 4.74 Å². The monoisotopic (exact) mass is 400 g/mol. The number of alkyl halides is 2. The van der Waals surface area contributed by atoms with Gasteiger partial charge in [0.1, 0.15) is 11.6 Å². The molecule has 0 bridgehead atoms. The second kappa shape index (κ2) is 9.41. The largest absolute Gasteiger partial charge is 0.493 e. The van der Waals surface area contributed by atoms with Gasteiger partial charge in [0.25, 0.3) is 0 Å². The van der Waals surface area contributed by atoms with E-state index in [9.17, 15) is 22.4 Å². The third-order valence-electron chi connectivity index (χ3n) is 4.11. The number of ether oxygens (including phenoxy) is 2. The van der Waals surface area contributed by atoms with E-state index in [0.717, 1.165) is 12.1 Å². The molecular weight excluding hydrogens is 380 g/mol. The minimum absolute atomic E-state index is 0.0959. The van der Waals surface area contributed by atoms with Gasteiger partial charge in [0.05, 0.1) is 18.8 Å². The van der Waals surface area contributed by atoms with Gasteiger partial charge in [-0.2, -0.15) is 8.78 Å². The molecule has 2 aromatic rings. The van der Waals surface area contributed by atoms with Crippen molar-refractivity contribution < 1.29 is 31.8 Å². The van der Waals surface area contributed by atoms with Gasteiger partial charge in [-0.3, -0.25) is 9.69 Å². The Balaban J connectivity index is 2.04. The van der Waals surface area contributed by atoms with Crippen LogP contribution in [-0.2, 0) is 11.3 Å². The van der Waals surface area contributed by atoms with Crippen molar-refractivity contribution >= 4 is 11.6 Å². The number of halogens is 4. The molecule has 1 atom stereocenters. The fourth-order valence-electron chi connectivity index (χ4n) is 2.46. The maximum atomic E-state index is 13.7. The third-order valence-corrected chi connectivity index (χ3v) is 4.11. The highest BCUT2D eigenvalue weighted by Crippen LogP contribution is 2.30. The van der Waals surface area contributed by atoms with Gasteiger partial charge in [0.2, 0.25) is 5.91 Å². The summed E-state index contributed by atoms with van der Waals surface area (Å²) in [6.07, 6.45) is 0. The number of nitrogens with one attached hydrogen (secondary N) is 1. The molecule has 5 nitrogen and oxygen atoms in total. The molecule has 2 rings (SSSR count). The average Bonchev–Trinajstić information content (AvgIpc) is 2.64. The predicted octanol–water partition coefficient (Wildman–Crippen LogP) is 4.03. The number of methoxy groups -OCH3 is 1. The summed E-state index contributed by atoms with van der Waals surface area (Å²) < 4.78 is 60.8. The molecule has 0 radical (unpaired) electrons. The van der Waals surface area contributed by atoms with Crippen LogP contribution in [0.25, 0.3) is 0 Å². The number of carbonyl (C=O) groups excluding carboxylic acids is 1. The highest BCUT2D eigenvalue weighted by molar-refractivity contribution is 5.94. The Kier molecular flexibility index (Phi) is 7.22. The minimum atomic E-state index is -2.97. The summed E-state index contributed by atoms with van der Waals surface area (Å²) >= 11 is 0. The lowest BCUT2D eigenvalue weighted by molar-refractivity contribution is -0.120. The smallest absolute Gasteiger partial charge is 0.387 e. The molecule has 0 aliphatic carbocycles. The van der Waals surface area contributed by atoms with Crippen LogP contribution in [0.5, 0.6) is 11.5 Å². The Bertz CT molecular complexity index is 833. The van der Waals surface area contributed by atoms with Crippen LogP contribution >= 0.6 is 0 Å². The number of nitrogens with zero attached hydrogens (tertiary/aromatic N) is 1. The Hall–Kier alpha value is -2.81. The Morgan fingerprint density at radius 2 is 1.86 bits per heavy atom. The van der Waals surface area contributed by atoms with Crippen LogP contribution < -0.4 is 14.8 Å². The van der Waals surface area contributed by atoms with Crippen LogP contribution in [0.3, 0.4) is 0 Å². The topological polar surface area (TPSA) is 50.8 Å². The predicted molar refractivity (Wildman–Crippen MR) is 95.5 cm³/mol. The van der Waals surface area contributed by atoms with Gasteiger partial charge < -0.3 is 14.8 Å². The molecule has 1 unspecified atom stereocenters. The second-order valence-corrected chi connectivity index (χ2v) is 6.07. The molecule has 28 heavy (non-hydrogen) atoms. The molecule has 0 aliphatic heterocycles. The normalized spacial score (nSPS) is 12.2.